The summed E-state index contributed by atoms with van der Waals surface area (Å²) in [7, 11) is 1.39. The SMILES string of the molecule is COc1cc(/C=C(/C#N)C(=O)Nc2cc(C)on2)cc(Br)c1OC(=O)c1ccco1. The van der Waals surface area contributed by atoms with Crippen LogP contribution >= 0.6 is 15.9 Å². The number of halogens is 1. The summed E-state index contributed by atoms with van der Waals surface area (Å²) >= 11 is 3.31. The van der Waals surface area contributed by atoms with Crippen LogP contribution < -0.4 is 14.8 Å². The summed E-state index contributed by atoms with van der Waals surface area (Å²) in [5, 5.41) is 15.5. The van der Waals surface area contributed by atoms with Gasteiger partial charge in [0.1, 0.15) is 17.4 Å². The first kappa shape index (κ1) is 20.9. The highest BCUT2D eigenvalue weighted by molar-refractivity contribution is 9.10. The maximum atomic E-state index is 12.3. The molecule has 0 aliphatic heterocycles. The van der Waals surface area contributed by atoms with Crippen molar-refractivity contribution in [1.82, 2.24) is 5.16 Å². The number of hydrogen-bond donors (Lipinski definition) is 1. The Labute approximate surface area is 179 Å². The number of rotatable bonds is 6. The van der Waals surface area contributed by atoms with Crippen LogP contribution in [0, 0.1) is 18.3 Å². The maximum absolute atomic E-state index is 12.3. The van der Waals surface area contributed by atoms with Crippen molar-refractivity contribution in [1.29, 1.82) is 5.26 Å². The van der Waals surface area contributed by atoms with Crippen molar-refractivity contribution in [3.63, 3.8) is 0 Å². The Balaban J connectivity index is 1.86. The Morgan fingerprint density at radius 2 is 2.13 bits per heavy atom. The second-order valence-corrected chi connectivity index (χ2v) is 6.70. The fourth-order valence-corrected chi connectivity index (χ4v) is 2.92. The molecule has 0 saturated heterocycles. The number of ether oxygens (including phenoxy) is 2. The second-order valence-electron chi connectivity index (χ2n) is 5.85. The molecule has 1 N–H and O–H groups in total. The monoisotopic (exact) mass is 471 g/mol. The number of aryl methyl sites for hydroxylation is 1. The van der Waals surface area contributed by atoms with Crippen molar-refractivity contribution in [3.8, 4) is 17.6 Å². The van der Waals surface area contributed by atoms with E-state index in [2.05, 4.69) is 26.4 Å². The first-order valence-electron chi connectivity index (χ1n) is 8.41. The van der Waals surface area contributed by atoms with Gasteiger partial charge in [-0.2, -0.15) is 5.26 Å². The molecule has 2 aromatic heterocycles. The van der Waals surface area contributed by atoms with Crippen LogP contribution in [-0.2, 0) is 4.79 Å². The molecule has 10 heteroatoms. The van der Waals surface area contributed by atoms with Crippen molar-refractivity contribution in [2.45, 2.75) is 6.92 Å². The van der Waals surface area contributed by atoms with E-state index < -0.39 is 11.9 Å². The van der Waals surface area contributed by atoms with Gasteiger partial charge in [-0.25, -0.2) is 4.79 Å². The van der Waals surface area contributed by atoms with Gasteiger partial charge in [0.05, 0.1) is 17.8 Å². The average Bonchev–Trinajstić information content (AvgIpc) is 3.39. The van der Waals surface area contributed by atoms with Gasteiger partial charge in [0.15, 0.2) is 17.3 Å². The van der Waals surface area contributed by atoms with E-state index in [0.29, 0.717) is 15.8 Å². The van der Waals surface area contributed by atoms with E-state index in [9.17, 15) is 14.9 Å². The van der Waals surface area contributed by atoms with E-state index in [1.807, 2.05) is 6.07 Å². The number of nitrogens with one attached hydrogen (secondary N) is 1. The second kappa shape index (κ2) is 9.11. The summed E-state index contributed by atoms with van der Waals surface area (Å²) < 4.78 is 20.9. The molecule has 30 heavy (non-hydrogen) atoms. The fourth-order valence-electron chi connectivity index (χ4n) is 2.38. The third-order valence-corrected chi connectivity index (χ3v) is 4.30. The molecular formula is C20H14BrN3O6. The smallest absolute Gasteiger partial charge is 0.379 e. The highest BCUT2D eigenvalue weighted by Crippen LogP contribution is 2.37. The minimum atomic E-state index is -0.706. The minimum Gasteiger partial charge on any atom is -0.493 e. The van der Waals surface area contributed by atoms with Crippen LogP contribution in [0.2, 0.25) is 0 Å². The predicted octanol–water partition coefficient (Wildman–Crippen LogP) is 4.11. The zero-order valence-corrected chi connectivity index (χ0v) is 17.3. The third-order valence-electron chi connectivity index (χ3n) is 3.71. The lowest BCUT2D eigenvalue weighted by Crippen LogP contribution is -2.13. The molecular weight excluding hydrogens is 458 g/mol. The van der Waals surface area contributed by atoms with Crippen molar-refractivity contribution >= 4 is 39.7 Å². The Kier molecular flexibility index (Phi) is 6.34. The summed E-state index contributed by atoms with van der Waals surface area (Å²) in [6, 6.07) is 9.47. The number of amides is 1. The van der Waals surface area contributed by atoms with E-state index in [1.54, 1.807) is 19.1 Å². The zero-order valence-electron chi connectivity index (χ0n) is 15.8. The number of nitriles is 1. The number of nitrogens with zero attached hydrogens (tertiary/aromatic N) is 2. The Bertz CT molecular complexity index is 1160. The molecule has 152 valence electrons. The van der Waals surface area contributed by atoms with Gasteiger partial charge in [0, 0.05) is 6.07 Å². The van der Waals surface area contributed by atoms with Crippen molar-refractivity contribution < 1.29 is 28.0 Å². The molecule has 0 spiro atoms. The summed E-state index contributed by atoms with van der Waals surface area (Å²) in [5.41, 5.74) is 0.282. The first-order chi connectivity index (χ1) is 14.4. The van der Waals surface area contributed by atoms with Gasteiger partial charge in [0.25, 0.3) is 5.91 Å². The number of carbonyl (C=O) groups is 2. The third kappa shape index (κ3) is 4.76. The summed E-state index contributed by atoms with van der Waals surface area (Å²) in [6.07, 6.45) is 2.71. The van der Waals surface area contributed by atoms with Crippen LogP contribution in [0.3, 0.4) is 0 Å². The molecule has 3 aromatic rings. The number of esters is 1. The lowest BCUT2D eigenvalue weighted by Gasteiger charge is -2.11. The first-order valence-corrected chi connectivity index (χ1v) is 9.20. The predicted molar refractivity (Wildman–Crippen MR) is 108 cm³/mol. The van der Waals surface area contributed by atoms with E-state index in [0.717, 1.165) is 0 Å². The molecule has 0 atom stereocenters. The van der Waals surface area contributed by atoms with Crippen molar-refractivity contribution in [2.75, 3.05) is 12.4 Å². The quantitative estimate of drug-likeness (QED) is 0.246. The van der Waals surface area contributed by atoms with Gasteiger partial charge < -0.3 is 23.7 Å². The Morgan fingerprint density at radius 1 is 1.33 bits per heavy atom. The number of hydrogen-bond acceptors (Lipinski definition) is 8. The standard InChI is InChI=1S/C20H14BrN3O6/c1-11-6-17(24-30-11)23-19(25)13(10-22)7-12-8-14(21)18(16(9-12)27-2)29-20(26)15-4-3-5-28-15/h3-9H,1-2H3,(H,23,24,25)/b13-7-. The van der Waals surface area contributed by atoms with Crippen LogP contribution in [0.25, 0.3) is 6.08 Å². The highest BCUT2D eigenvalue weighted by atomic mass is 79.9. The fraction of sp³-hybridized carbons (Fsp3) is 0.100. The van der Waals surface area contributed by atoms with Gasteiger partial charge in [0.2, 0.25) is 5.76 Å². The molecule has 0 aliphatic rings. The molecule has 1 amide bonds. The van der Waals surface area contributed by atoms with E-state index in [4.69, 9.17) is 18.4 Å². The normalized spacial score (nSPS) is 10.9. The van der Waals surface area contributed by atoms with Gasteiger partial charge in [-0.05, 0) is 58.8 Å². The highest BCUT2D eigenvalue weighted by Gasteiger charge is 2.19. The molecule has 3 rings (SSSR count). The van der Waals surface area contributed by atoms with E-state index in [1.165, 1.54) is 37.6 Å². The average molecular weight is 472 g/mol. The molecule has 0 bridgehead atoms. The number of methoxy groups -OCH3 is 1. The Morgan fingerprint density at radius 3 is 2.73 bits per heavy atom. The van der Waals surface area contributed by atoms with Gasteiger partial charge in [-0.1, -0.05) is 5.16 Å². The number of furan rings is 1. The minimum absolute atomic E-state index is 0.0273. The maximum Gasteiger partial charge on any atom is 0.379 e. The molecule has 1 aromatic carbocycles. The van der Waals surface area contributed by atoms with Crippen LogP contribution in [0.4, 0.5) is 5.82 Å². The molecule has 0 saturated carbocycles. The molecule has 0 radical (unpaired) electrons. The van der Waals surface area contributed by atoms with Crippen molar-refractivity contribution in [3.05, 3.63) is 63.7 Å². The van der Waals surface area contributed by atoms with Crippen LogP contribution in [0.5, 0.6) is 11.5 Å². The summed E-state index contributed by atoms with van der Waals surface area (Å²) in [5.74, 6) is -0.299. The van der Waals surface area contributed by atoms with E-state index >= 15 is 0 Å². The molecule has 9 nitrogen and oxygen atoms in total. The van der Waals surface area contributed by atoms with Gasteiger partial charge in [-0.3, -0.25) is 4.79 Å². The van der Waals surface area contributed by atoms with Crippen LogP contribution in [0.15, 0.2) is 55.6 Å². The zero-order chi connectivity index (χ0) is 21.7. The topological polar surface area (TPSA) is 128 Å². The molecule has 0 aliphatic carbocycles. The van der Waals surface area contributed by atoms with Crippen LogP contribution in [0.1, 0.15) is 21.9 Å². The number of benzene rings is 1. The lowest BCUT2D eigenvalue weighted by molar-refractivity contribution is -0.112. The number of anilines is 1. The molecule has 2 heterocycles. The largest absolute Gasteiger partial charge is 0.493 e. The summed E-state index contributed by atoms with van der Waals surface area (Å²) in [4.78, 5) is 24.5. The number of aromatic nitrogens is 1. The lowest BCUT2D eigenvalue weighted by atomic mass is 10.1. The van der Waals surface area contributed by atoms with E-state index in [-0.39, 0.29) is 28.7 Å². The van der Waals surface area contributed by atoms with Gasteiger partial charge in [-0.15, -0.1) is 0 Å². The number of carbonyl (C=O) groups excluding carboxylic acids is 2. The van der Waals surface area contributed by atoms with Gasteiger partial charge >= 0.3 is 5.97 Å². The van der Waals surface area contributed by atoms with Crippen molar-refractivity contribution in [2.24, 2.45) is 0 Å². The molecule has 0 fully saturated rings. The summed E-state index contributed by atoms with van der Waals surface area (Å²) in [6.45, 7) is 1.67. The van der Waals surface area contributed by atoms with Crippen LogP contribution in [-0.4, -0.2) is 24.1 Å². The Hall–Kier alpha value is -3.84. The molecule has 0 unspecified atom stereocenters.